The van der Waals surface area contributed by atoms with Gasteiger partial charge in [0, 0.05) is 12.1 Å². The third-order valence-electron chi connectivity index (χ3n) is 2.93. The van der Waals surface area contributed by atoms with Crippen LogP contribution in [0.25, 0.3) is 0 Å². The second kappa shape index (κ2) is 6.46. The summed E-state index contributed by atoms with van der Waals surface area (Å²) in [5.74, 6) is 0. The van der Waals surface area contributed by atoms with Gasteiger partial charge >= 0.3 is 0 Å². The van der Waals surface area contributed by atoms with Gasteiger partial charge in [-0.1, -0.05) is 30.3 Å². The molecule has 0 spiro atoms. The van der Waals surface area contributed by atoms with Gasteiger partial charge < -0.3 is 4.79 Å². The summed E-state index contributed by atoms with van der Waals surface area (Å²) in [7, 11) is -3.97. The molecule has 0 aliphatic heterocycles. The fraction of sp³-hybridized carbons (Fsp3) is 0.0714. The van der Waals surface area contributed by atoms with E-state index in [1.807, 2.05) is 0 Å². The number of sulfonamides is 1. The number of nitro benzene ring substituents is 1. The molecule has 22 heavy (non-hydrogen) atoms. The number of aldehydes is 1. The highest BCUT2D eigenvalue weighted by Crippen LogP contribution is 2.18. The first-order valence-electron chi connectivity index (χ1n) is 6.21. The lowest BCUT2D eigenvalue weighted by Gasteiger charge is -2.13. The Labute approximate surface area is 126 Å². The van der Waals surface area contributed by atoms with Gasteiger partial charge in [-0.3, -0.25) is 10.1 Å². The van der Waals surface area contributed by atoms with Crippen LogP contribution in [-0.4, -0.2) is 19.6 Å². The molecule has 0 radical (unpaired) electrons. The molecule has 2 aromatic carbocycles. The summed E-state index contributed by atoms with van der Waals surface area (Å²) >= 11 is 0. The number of nitrogens with zero attached hydrogens (tertiary/aromatic N) is 1. The quantitative estimate of drug-likeness (QED) is 0.496. The lowest BCUT2D eigenvalue weighted by Crippen LogP contribution is -2.29. The van der Waals surface area contributed by atoms with Crippen molar-refractivity contribution >= 4 is 22.0 Å². The summed E-state index contributed by atoms with van der Waals surface area (Å²) in [5, 5.41) is 10.6. The lowest BCUT2D eigenvalue weighted by molar-refractivity contribution is -0.384. The van der Waals surface area contributed by atoms with Crippen molar-refractivity contribution in [1.82, 2.24) is 4.72 Å². The van der Waals surface area contributed by atoms with Gasteiger partial charge in [0.15, 0.2) is 0 Å². The molecule has 7 nitrogen and oxygen atoms in total. The highest BCUT2D eigenvalue weighted by Gasteiger charge is 2.21. The highest BCUT2D eigenvalue weighted by atomic mass is 32.2. The fourth-order valence-electron chi connectivity index (χ4n) is 1.82. The molecule has 0 saturated carbocycles. The maximum Gasteiger partial charge on any atom is 0.269 e. The summed E-state index contributed by atoms with van der Waals surface area (Å²) in [6.07, 6.45) is 0.484. The maximum atomic E-state index is 12.2. The molecule has 8 heteroatoms. The SMILES string of the molecule is O=CC(NS(=O)(=O)c1ccc([N+](=O)[O-])cc1)c1ccccc1. The van der Waals surface area contributed by atoms with Gasteiger partial charge in [-0.05, 0) is 17.7 Å². The Bertz CT molecular complexity index is 773. The number of carbonyl (C=O) groups excluding carboxylic acids is 1. The van der Waals surface area contributed by atoms with E-state index in [2.05, 4.69) is 4.72 Å². The number of non-ortho nitro benzene ring substituents is 1. The average molecular weight is 320 g/mol. The van der Waals surface area contributed by atoms with Crippen LogP contribution in [0.1, 0.15) is 11.6 Å². The molecule has 2 aromatic rings. The molecule has 1 atom stereocenters. The average Bonchev–Trinajstić information content (AvgIpc) is 2.53. The van der Waals surface area contributed by atoms with Crippen LogP contribution in [0.15, 0.2) is 59.5 Å². The van der Waals surface area contributed by atoms with Crippen molar-refractivity contribution < 1.29 is 18.1 Å². The van der Waals surface area contributed by atoms with Crippen LogP contribution in [0.5, 0.6) is 0 Å². The van der Waals surface area contributed by atoms with Crippen molar-refractivity contribution in [2.75, 3.05) is 0 Å². The van der Waals surface area contributed by atoms with Crippen LogP contribution in [0.2, 0.25) is 0 Å². The molecule has 0 bridgehead atoms. The number of nitro groups is 1. The molecule has 114 valence electrons. The number of hydrogen-bond donors (Lipinski definition) is 1. The van der Waals surface area contributed by atoms with Crippen LogP contribution in [-0.2, 0) is 14.8 Å². The van der Waals surface area contributed by atoms with Gasteiger partial charge in [0.05, 0.1) is 9.82 Å². The number of carbonyl (C=O) groups is 1. The summed E-state index contributed by atoms with van der Waals surface area (Å²) in [4.78, 5) is 20.9. The van der Waals surface area contributed by atoms with Gasteiger partial charge in [-0.15, -0.1) is 0 Å². The molecule has 0 amide bonds. The van der Waals surface area contributed by atoms with E-state index >= 15 is 0 Å². The molecule has 0 heterocycles. The minimum Gasteiger partial charge on any atom is -0.301 e. The first-order chi connectivity index (χ1) is 10.4. The second-order valence-electron chi connectivity index (χ2n) is 4.40. The third kappa shape index (κ3) is 3.54. The second-order valence-corrected chi connectivity index (χ2v) is 6.11. The van der Waals surface area contributed by atoms with E-state index in [0.717, 1.165) is 24.3 Å². The zero-order valence-electron chi connectivity index (χ0n) is 11.2. The van der Waals surface area contributed by atoms with E-state index in [1.165, 1.54) is 0 Å². The van der Waals surface area contributed by atoms with E-state index in [9.17, 15) is 23.3 Å². The van der Waals surface area contributed by atoms with E-state index in [0.29, 0.717) is 11.8 Å². The summed E-state index contributed by atoms with van der Waals surface area (Å²) in [5.41, 5.74) is 0.289. The zero-order chi connectivity index (χ0) is 16.2. The standard InChI is InChI=1S/C14H12N2O5S/c17-10-14(11-4-2-1-3-5-11)15-22(20,21)13-8-6-12(7-9-13)16(18)19/h1-10,14-15H. The molecule has 1 unspecified atom stereocenters. The molecule has 0 aliphatic carbocycles. The topological polar surface area (TPSA) is 106 Å². The number of nitrogens with one attached hydrogen (secondary N) is 1. The Morgan fingerprint density at radius 3 is 2.14 bits per heavy atom. The van der Waals surface area contributed by atoms with Crippen LogP contribution in [0, 0.1) is 10.1 Å². The Hall–Kier alpha value is -2.58. The van der Waals surface area contributed by atoms with Crippen molar-refractivity contribution in [3.05, 3.63) is 70.3 Å². The number of benzene rings is 2. The van der Waals surface area contributed by atoms with Crippen molar-refractivity contribution in [1.29, 1.82) is 0 Å². The lowest BCUT2D eigenvalue weighted by atomic mass is 10.1. The van der Waals surface area contributed by atoms with Crippen LogP contribution in [0.3, 0.4) is 0 Å². The van der Waals surface area contributed by atoms with Gasteiger partial charge in [0.1, 0.15) is 12.3 Å². The van der Waals surface area contributed by atoms with Gasteiger partial charge in [0.25, 0.3) is 5.69 Å². The van der Waals surface area contributed by atoms with E-state index in [-0.39, 0.29) is 10.6 Å². The van der Waals surface area contributed by atoms with Crippen molar-refractivity contribution in [2.24, 2.45) is 0 Å². The minimum absolute atomic E-state index is 0.152. The van der Waals surface area contributed by atoms with Crippen molar-refractivity contribution in [3.8, 4) is 0 Å². The van der Waals surface area contributed by atoms with Crippen molar-refractivity contribution in [3.63, 3.8) is 0 Å². The summed E-state index contributed by atoms with van der Waals surface area (Å²) in [6.45, 7) is 0. The highest BCUT2D eigenvalue weighted by molar-refractivity contribution is 7.89. The normalized spacial score (nSPS) is 12.5. The molecule has 0 fully saturated rings. The molecular formula is C14H12N2O5S. The predicted molar refractivity (Wildman–Crippen MR) is 78.7 cm³/mol. The largest absolute Gasteiger partial charge is 0.301 e. The van der Waals surface area contributed by atoms with E-state index in [1.54, 1.807) is 30.3 Å². The molecular weight excluding hydrogens is 308 g/mol. The van der Waals surface area contributed by atoms with E-state index < -0.39 is 21.0 Å². The van der Waals surface area contributed by atoms with Gasteiger partial charge in [-0.2, -0.15) is 4.72 Å². The summed E-state index contributed by atoms with van der Waals surface area (Å²) < 4.78 is 26.7. The van der Waals surface area contributed by atoms with Crippen LogP contribution < -0.4 is 4.72 Å². The first kappa shape index (κ1) is 15.8. The van der Waals surface area contributed by atoms with Crippen LogP contribution in [0.4, 0.5) is 5.69 Å². The molecule has 0 aromatic heterocycles. The van der Waals surface area contributed by atoms with Gasteiger partial charge in [0.2, 0.25) is 10.0 Å². The van der Waals surface area contributed by atoms with Crippen LogP contribution >= 0.6 is 0 Å². The Balaban J connectivity index is 2.26. The smallest absolute Gasteiger partial charge is 0.269 e. The monoisotopic (exact) mass is 320 g/mol. The Morgan fingerprint density at radius 1 is 1.05 bits per heavy atom. The maximum absolute atomic E-state index is 12.2. The van der Waals surface area contributed by atoms with Gasteiger partial charge in [-0.25, -0.2) is 8.42 Å². The zero-order valence-corrected chi connectivity index (χ0v) is 12.1. The molecule has 0 aliphatic rings. The minimum atomic E-state index is -3.97. The molecule has 2 rings (SSSR count). The summed E-state index contributed by atoms with van der Waals surface area (Å²) in [6, 6.07) is 11.8. The molecule has 0 saturated heterocycles. The fourth-order valence-corrected chi connectivity index (χ4v) is 2.97. The first-order valence-corrected chi connectivity index (χ1v) is 7.69. The third-order valence-corrected chi connectivity index (χ3v) is 4.39. The number of hydrogen-bond acceptors (Lipinski definition) is 5. The Kier molecular flexibility index (Phi) is 4.64. The van der Waals surface area contributed by atoms with Crippen molar-refractivity contribution in [2.45, 2.75) is 10.9 Å². The number of rotatable bonds is 6. The predicted octanol–water partition coefficient (Wildman–Crippen LogP) is 1.81. The molecule has 1 N–H and O–H groups in total. The Morgan fingerprint density at radius 2 is 1.64 bits per heavy atom. The van der Waals surface area contributed by atoms with E-state index in [4.69, 9.17) is 0 Å².